The number of benzene rings is 3. The van der Waals surface area contributed by atoms with Gasteiger partial charge in [-0.15, -0.1) is 0 Å². The second-order valence-electron chi connectivity index (χ2n) is 8.26. The van der Waals surface area contributed by atoms with Crippen molar-refractivity contribution in [3.05, 3.63) is 78.6 Å². The van der Waals surface area contributed by atoms with Gasteiger partial charge in [-0.05, 0) is 75.2 Å². The number of hydrogen-bond acceptors (Lipinski definition) is 3. The van der Waals surface area contributed by atoms with Crippen LogP contribution in [-0.2, 0) is 4.65 Å². The number of anilines is 2. The molecule has 3 rings (SSSR count). The van der Waals surface area contributed by atoms with Crippen molar-refractivity contribution >= 4 is 24.3 Å². The third kappa shape index (κ3) is 5.46. The van der Waals surface area contributed by atoms with Gasteiger partial charge in [0.2, 0.25) is 0 Å². The maximum Gasteiger partial charge on any atom is 0.309 e. The van der Waals surface area contributed by atoms with Crippen LogP contribution in [0.4, 0.5) is 15.8 Å². The first-order valence-corrected chi connectivity index (χ1v) is 9.72. The lowest BCUT2D eigenvalue weighted by Gasteiger charge is -2.37. The molecule has 3 aromatic rings. The fourth-order valence-corrected chi connectivity index (χ4v) is 2.68. The van der Waals surface area contributed by atoms with Gasteiger partial charge in [-0.2, -0.15) is 0 Å². The van der Waals surface area contributed by atoms with Crippen LogP contribution >= 0.6 is 0 Å². The summed E-state index contributed by atoms with van der Waals surface area (Å²) < 4.78 is 19.0. The van der Waals surface area contributed by atoms with Gasteiger partial charge in [0.05, 0.1) is 11.2 Å². The van der Waals surface area contributed by atoms with E-state index in [1.807, 2.05) is 62.4 Å². The molecule has 5 heteroatoms. The molecule has 3 aromatic carbocycles. The summed E-state index contributed by atoms with van der Waals surface area (Å²) >= 11 is 0. The Bertz CT molecular complexity index is 931. The maximum atomic E-state index is 13.1. The van der Waals surface area contributed by atoms with Crippen LogP contribution in [0, 0.1) is 5.82 Å². The van der Waals surface area contributed by atoms with Gasteiger partial charge in [0, 0.05) is 11.4 Å². The quantitative estimate of drug-likeness (QED) is 0.570. The molecule has 3 nitrogen and oxygen atoms in total. The number of halogens is 1. The van der Waals surface area contributed by atoms with E-state index in [1.54, 1.807) is 26.0 Å². The van der Waals surface area contributed by atoms with E-state index in [0.717, 1.165) is 28.0 Å². The van der Waals surface area contributed by atoms with Gasteiger partial charge < -0.3 is 15.1 Å². The molecular formula is C24H27BFNO2. The molecule has 2 N–H and O–H groups in total. The highest BCUT2D eigenvalue weighted by atomic mass is 19.1. The molecule has 0 spiro atoms. The van der Waals surface area contributed by atoms with E-state index < -0.39 is 11.2 Å². The minimum absolute atomic E-state index is 0.232. The highest BCUT2D eigenvalue weighted by molar-refractivity contribution is 6.47. The van der Waals surface area contributed by atoms with Crippen LogP contribution < -0.4 is 10.8 Å². The van der Waals surface area contributed by atoms with Crippen LogP contribution in [0.1, 0.15) is 27.7 Å². The minimum Gasteiger partial charge on any atom is -0.427 e. The number of hydrogen-bond donors (Lipinski definition) is 2. The first-order chi connectivity index (χ1) is 13.6. The second-order valence-corrected chi connectivity index (χ2v) is 8.26. The van der Waals surface area contributed by atoms with Crippen molar-refractivity contribution in [2.45, 2.75) is 38.9 Å². The van der Waals surface area contributed by atoms with E-state index in [1.165, 1.54) is 12.1 Å². The van der Waals surface area contributed by atoms with Crippen molar-refractivity contribution in [1.29, 1.82) is 0 Å². The van der Waals surface area contributed by atoms with E-state index >= 15 is 0 Å². The number of aliphatic hydroxyl groups is 1. The standard InChI is InChI=1S/C24H27BFNO2/c1-23(2,28)24(3,4)29-25-19-9-15-22(16-10-19)27-21-13-7-18(8-14-21)17-5-11-20(26)12-6-17/h5-16,25,27-28H,1-4H3. The van der Waals surface area contributed by atoms with Crippen molar-refractivity contribution in [3.63, 3.8) is 0 Å². The average molecular weight is 391 g/mol. The lowest BCUT2D eigenvalue weighted by Crippen LogP contribution is -2.49. The molecule has 0 unspecified atom stereocenters. The predicted molar refractivity (Wildman–Crippen MR) is 120 cm³/mol. The van der Waals surface area contributed by atoms with E-state index in [0.29, 0.717) is 7.48 Å². The summed E-state index contributed by atoms with van der Waals surface area (Å²) in [6, 6.07) is 22.5. The summed E-state index contributed by atoms with van der Waals surface area (Å²) in [6.45, 7) is 7.28. The lowest BCUT2D eigenvalue weighted by atomic mass is 9.82. The molecule has 0 aliphatic heterocycles. The van der Waals surface area contributed by atoms with Crippen LogP contribution in [0.5, 0.6) is 0 Å². The van der Waals surface area contributed by atoms with Crippen molar-refractivity contribution < 1.29 is 14.2 Å². The molecule has 0 aliphatic carbocycles. The normalized spacial score (nSPS) is 11.9. The predicted octanol–water partition coefficient (Wildman–Crippen LogP) is 4.78. The van der Waals surface area contributed by atoms with Crippen LogP contribution in [-0.4, -0.2) is 23.8 Å². The van der Waals surface area contributed by atoms with Crippen LogP contribution in [0.15, 0.2) is 72.8 Å². The molecule has 0 saturated carbocycles. The SMILES string of the molecule is CC(C)(O)C(C)(C)OBc1ccc(Nc2ccc(-c3ccc(F)cc3)cc2)cc1. The zero-order valence-electron chi connectivity index (χ0n) is 17.4. The van der Waals surface area contributed by atoms with E-state index in [-0.39, 0.29) is 5.82 Å². The van der Waals surface area contributed by atoms with Gasteiger partial charge in [-0.25, -0.2) is 4.39 Å². The molecule has 0 bridgehead atoms. The Hall–Kier alpha value is -2.63. The van der Waals surface area contributed by atoms with Gasteiger partial charge in [-0.1, -0.05) is 41.9 Å². The summed E-state index contributed by atoms with van der Waals surface area (Å²) in [6.07, 6.45) is 0. The summed E-state index contributed by atoms with van der Waals surface area (Å²) in [5.41, 5.74) is 3.45. The largest absolute Gasteiger partial charge is 0.427 e. The number of rotatable bonds is 7. The minimum atomic E-state index is -0.922. The zero-order chi connectivity index (χ0) is 21.1. The topological polar surface area (TPSA) is 41.5 Å². The highest BCUT2D eigenvalue weighted by Gasteiger charge is 2.35. The van der Waals surface area contributed by atoms with Gasteiger partial charge >= 0.3 is 7.48 Å². The van der Waals surface area contributed by atoms with Crippen LogP contribution in [0.3, 0.4) is 0 Å². The van der Waals surface area contributed by atoms with Crippen LogP contribution in [0.2, 0.25) is 0 Å². The second kappa shape index (κ2) is 8.40. The maximum absolute atomic E-state index is 13.1. The fraction of sp³-hybridized carbons (Fsp3) is 0.250. The van der Waals surface area contributed by atoms with Gasteiger partial charge in [0.15, 0.2) is 0 Å². The van der Waals surface area contributed by atoms with Crippen LogP contribution in [0.25, 0.3) is 11.1 Å². The molecule has 29 heavy (non-hydrogen) atoms. The third-order valence-electron chi connectivity index (χ3n) is 5.38. The zero-order valence-corrected chi connectivity index (χ0v) is 17.4. The Morgan fingerprint density at radius 2 is 1.21 bits per heavy atom. The molecule has 0 radical (unpaired) electrons. The Morgan fingerprint density at radius 3 is 1.69 bits per heavy atom. The lowest BCUT2D eigenvalue weighted by molar-refractivity contribution is -0.0893. The highest BCUT2D eigenvalue weighted by Crippen LogP contribution is 2.25. The van der Waals surface area contributed by atoms with Gasteiger partial charge in [0.25, 0.3) is 0 Å². The first kappa shape index (κ1) is 21.1. The Balaban J connectivity index is 1.60. The summed E-state index contributed by atoms with van der Waals surface area (Å²) in [4.78, 5) is 0. The molecule has 0 heterocycles. The summed E-state index contributed by atoms with van der Waals surface area (Å²) in [5.74, 6) is -0.232. The van der Waals surface area contributed by atoms with E-state index in [9.17, 15) is 9.50 Å². The van der Waals surface area contributed by atoms with Gasteiger partial charge in [0.1, 0.15) is 5.82 Å². The molecule has 150 valence electrons. The molecular weight excluding hydrogens is 364 g/mol. The van der Waals surface area contributed by atoms with Crippen molar-refractivity contribution in [2.24, 2.45) is 0 Å². The van der Waals surface area contributed by atoms with Crippen molar-refractivity contribution in [2.75, 3.05) is 5.32 Å². The Morgan fingerprint density at radius 1 is 0.759 bits per heavy atom. The van der Waals surface area contributed by atoms with Crippen molar-refractivity contribution in [1.82, 2.24) is 0 Å². The summed E-state index contributed by atoms with van der Waals surface area (Å²) in [5, 5.41) is 13.6. The molecule has 0 aliphatic rings. The summed E-state index contributed by atoms with van der Waals surface area (Å²) in [7, 11) is 0.434. The first-order valence-electron chi connectivity index (χ1n) is 9.72. The smallest absolute Gasteiger partial charge is 0.309 e. The van der Waals surface area contributed by atoms with E-state index in [2.05, 4.69) is 5.32 Å². The van der Waals surface area contributed by atoms with Crippen molar-refractivity contribution in [3.8, 4) is 11.1 Å². The average Bonchev–Trinajstić information content (AvgIpc) is 2.68. The molecule has 0 fully saturated rings. The molecule has 0 amide bonds. The number of nitrogens with one attached hydrogen (secondary N) is 1. The molecule has 0 aromatic heterocycles. The molecule has 0 atom stereocenters. The monoisotopic (exact) mass is 391 g/mol. The molecule has 0 saturated heterocycles. The Kier molecular flexibility index (Phi) is 6.11. The van der Waals surface area contributed by atoms with E-state index in [4.69, 9.17) is 4.65 Å². The fourth-order valence-electron chi connectivity index (χ4n) is 2.68. The van der Waals surface area contributed by atoms with Gasteiger partial charge in [-0.3, -0.25) is 0 Å². The Labute approximate surface area is 172 Å². The third-order valence-corrected chi connectivity index (χ3v) is 5.38.